The molecule has 1 aliphatic heterocycles. The molecule has 126 valence electrons. The van der Waals surface area contributed by atoms with Gasteiger partial charge in [-0.25, -0.2) is 0 Å². The van der Waals surface area contributed by atoms with E-state index in [2.05, 4.69) is 31.2 Å². The van der Waals surface area contributed by atoms with E-state index < -0.39 is 0 Å². The molecule has 0 saturated heterocycles. The SMILES string of the molecule is Cc1ccc(CCC(=O)N(C)Cc2ccc3c(c2)OCCO3)cc1. The molecule has 0 N–H and O–H groups in total. The normalized spacial score (nSPS) is 12.8. The number of fused-ring (bicyclic) bond motifs is 1. The molecule has 1 amide bonds. The summed E-state index contributed by atoms with van der Waals surface area (Å²) in [6.07, 6.45) is 1.29. The molecule has 0 saturated carbocycles. The summed E-state index contributed by atoms with van der Waals surface area (Å²) in [5.74, 6) is 1.68. The number of carbonyl (C=O) groups is 1. The lowest BCUT2D eigenvalue weighted by Crippen LogP contribution is -2.26. The molecule has 4 nitrogen and oxygen atoms in total. The first-order valence-corrected chi connectivity index (χ1v) is 8.30. The Hall–Kier alpha value is -2.49. The van der Waals surface area contributed by atoms with Gasteiger partial charge in [-0.15, -0.1) is 0 Å². The quantitative estimate of drug-likeness (QED) is 0.846. The number of hydrogen-bond acceptors (Lipinski definition) is 3. The van der Waals surface area contributed by atoms with Crippen molar-refractivity contribution < 1.29 is 14.3 Å². The summed E-state index contributed by atoms with van der Waals surface area (Å²) in [6, 6.07) is 14.2. The average molecular weight is 325 g/mol. The van der Waals surface area contributed by atoms with Crippen LogP contribution in [0.25, 0.3) is 0 Å². The lowest BCUT2D eigenvalue weighted by atomic mass is 10.1. The lowest BCUT2D eigenvalue weighted by Gasteiger charge is -2.21. The van der Waals surface area contributed by atoms with E-state index in [-0.39, 0.29) is 5.91 Å². The van der Waals surface area contributed by atoms with Gasteiger partial charge in [0, 0.05) is 20.0 Å². The second-order valence-corrected chi connectivity index (χ2v) is 6.21. The molecule has 0 fully saturated rings. The summed E-state index contributed by atoms with van der Waals surface area (Å²) in [5, 5.41) is 0. The highest BCUT2D eigenvalue weighted by atomic mass is 16.6. The number of rotatable bonds is 5. The van der Waals surface area contributed by atoms with Crippen molar-refractivity contribution in [3.8, 4) is 11.5 Å². The largest absolute Gasteiger partial charge is 0.486 e. The number of nitrogens with zero attached hydrogens (tertiary/aromatic N) is 1. The molecule has 0 aliphatic carbocycles. The Balaban J connectivity index is 1.55. The molecule has 1 aliphatic rings. The fourth-order valence-corrected chi connectivity index (χ4v) is 2.75. The molecular formula is C20H23NO3. The number of carbonyl (C=O) groups excluding carboxylic acids is 1. The third kappa shape index (κ3) is 4.07. The van der Waals surface area contributed by atoms with Crippen molar-refractivity contribution in [2.24, 2.45) is 0 Å². The number of aryl methyl sites for hydroxylation is 2. The fourth-order valence-electron chi connectivity index (χ4n) is 2.75. The predicted molar refractivity (Wildman–Crippen MR) is 93.4 cm³/mol. The molecule has 0 bridgehead atoms. The van der Waals surface area contributed by atoms with Gasteiger partial charge in [-0.2, -0.15) is 0 Å². The third-order valence-corrected chi connectivity index (χ3v) is 4.20. The highest BCUT2D eigenvalue weighted by molar-refractivity contribution is 5.76. The van der Waals surface area contributed by atoms with E-state index in [1.165, 1.54) is 11.1 Å². The highest BCUT2D eigenvalue weighted by Crippen LogP contribution is 2.31. The minimum atomic E-state index is 0.144. The fraction of sp³-hybridized carbons (Fsp3) is 0.350. The highest BCUT2D eigenvalue weighted by Gasteiger charge is 2.14. The van der Waals surface area contributed by atoms with Crippen LogP contribution in [0.5, 0.6) is 11.5 Å². The van der Waals surface area contributed by atoms with Crippen LogP contribution < -0.4 is 9.47 Å². The summed E-state index contributed by atoms with van der Waals surface area (Å²) >= 11 is 0. The van der Waals surface area contributed by atoms with Crippen LogP contribution in [0, 0.1) is 6.92 Å². The van der Waals surface area contributed by atoms with Crippen molar-refractivity contribution in [3.63, 3.8) is 0 Å². The Bertz CT molecular complexity index is 709. The Kier molecular flexibility index (Phi) is 5.04. The van der Waals surface area contributed by atoms with Crippen molar-refractivity contribution in [1.29, 1.82) is 0 Å². The molecule has 2 aromatic rings. The number of ether oxygens (including phenoxy) is 2. The van der Waals surface area contributed by atoms with Gasteiger partial charge in [0.15, 0.2) is 11.5 Å². The van der Waals surface area contributed by atoms with Gasteiger partial charge in [-0.3, -0.25) is 4.79 Å². The summed E-state index contributed by atoms with van der Waals surface area (Å²) in [5.41, 5.74) is 3.48. The maximum atomic E-state index is 12.3. The number of amides is 1. The lowest BCUT2D eigenvalue weighted by molar-refractivity contribution is -0.130. The minimum Gasteiger partial charge on any atom is -0.486 e. The molecule has 2 aromatic carbocycles. The Morgan fingerprint density at radius 3 is 2.42 bits per heavy atom. The monoisotopic (exact) mass is 325 g/mol. The number of benzene rings is 2. The molecule has 0 aromatic heterocycles. The molecule has 24 heavy (non-hydrogen) atoms. The molecule has 3 rings (SSSR count). The van der Waals surface area contributed by atoms with E-state index in [0.717, 1.165) is 23.5 Å². The van der Waals surface area contributed by atoms with Crippen LogP contribution in [0.3, 0.4) is 0 Å². The van der Waals surface area contributed by atoms with Crippen LogP contribution in [0.15, 0.2) is 42.5 Å². The maximum absolute atomic E-state index is 12.3. The average Bonchev–Trinajstić information content (AvgIpc) is 2.61. The Morgan fingerprint density at radius 2 is 1.67 bits per heavy atom. The van der Waals surface area contributed by atoms with Gasteiger partial charge in [0.05, 0.1) is 0 Å². The number of hydrogen-bond donors (Lipinski definition) is 0. The molecule has 0 radical (unpaired) electrons. The second-order valence-electron chi connectivity index (χ2n) is 6.21. The van der Waals surface area contributed by atoms with Crippen molar-refractivity contribution in [2.45, 2.75) is 26.3 Å². The predicted octanol–water partition coefficient (Wildman–Crippen LogP) is 3.36. The zero-order valence-electron chi connectivity index (χ0n) is 14.2. The van der Waals surface area contributed by atoms with E-state index in [0.29, 0.717) is 26.2 Å². The van der Waals surface area contributed by atoms with Crippen LogP contribution in [0.1, 0.15) is 23.1 Å². The van der Waals surface area contributed by atoms with E-state index in [1.807, 2.05) is 25.2 Å². The van der Waals surface area contributed by atoms with Crippen molar-refractivity contribution in [2.75, 3.05) is 20.3 Å². The Morgan fingerprint density at radius 1 is 1.00 bits per heavy atom. The van der Waals surface area contributed by atoms with Crippen LogP contribution >= 0.6 is 0 Å². The van der Waals surface area contributed by atoms with Crippen molar-refractivity contribution >= 4 is 5.91 Å². The first kappa shape index (κ1) is 16.4. The van der Waals surface area contributed by atoms with Gasteiger partial charge in [0.1, 0.15) is 13.2 Å². The van der Waals surface area contributed by atoms with Crippen molar-refractivity contribution in [3.05, 3.63) is 59.2 Å². The first-order chi connectivity index (χ1) is 11.6. The zero-order valence-corrected chi connectivity index (χ0v) is 14.2. The second kappa shape index (κ2) is 7.39. The molecular weight excluding hydrogens is 302 g/mol. The van der Waals surface area contributed by atoms with Crippen LogP contribution in [0.4, 0.5) is 0 Å². The molecule has 0 unspecified atom stereocenters. The molecule has 0 spiro atoms. The van der Waals surface area contributed by atoms with E-state index >= 15 is 0 Å². The smallest absolute Gasteiger partial charge is 0.222 e. The van der Waals surface area contributed by atoms with Gasteiger partial charge >= 0.3 is 0 Å². The standard InChI is InChI=1S/C20H23NO3/c1-15-3-5-16(6-4-15)8-10-20(22)21(2)14-17-7-9-18-19(13-17)24-12-11-23-18/h3-7,9,13H,8,10-12,14H2,1-2H3. The molecule has 0 atom stereocenters. The Labute approximate surface area is 143 Å². The van der Waals surface area contributed by atoms with Gasteiger partial charge in [-0.1, -0.05) is 35.9 Å². The summed E-state index contributed by atoms with van der Waals surface area (Å²) < 4.78 is 11.1. The topological polar surface area (TPSA) is 38.8 Å². The van der Waals surface area contributed by atoms with Crippen molar-refractivity contribution in [1.82, 2.24) is 4.90 Å². The van der Waals surface area contributed by atoms with Gasteiger partial charge in [0.25, 0.3) is 0 Å². The first-order valence-electron chi connectivity index (χ1n) is 8.30. The van der Waals surface area contributed by atoms with E-state index in [1.54, 1.807) is 4.90 Å². The van der Waals surface area contributed by atoms with Gasteiger partial charge < -0.3 is 14.4 Å². The van der Waals surface area contributed by atoms with Crippen LogP contribution in [-0.2, 0) is 17.8 Å². The summed E-state index contributed by atoms with van der Waals surface area (Å²) in [4.78, 5) is 14.1. The molecule has 4 heteroatoms. The van der Waals surface area contributed by atoms with Crippen LogP contribution in [-0.4, -0.2) is 31.1 Å². The summed E-state index contributed by atoms with van der Waals surface area (Å²) in [7, 11) is 1.84. The summed E-state index contributed by atoms with van der Waals surface area (Å²) in [6.45, 7) is 3.80. The minimum absolute atomic E-state index is 0.144. The van der Waals surface area contributed by atoms with Gasteiger partial charge in [0.2, 0.25) is 5.91 Å². The van der Waals surface area contributed by atoms with E-state index in [4.69, 9.17) is 9.47 Å². The third-order valence-electron chi connectivity index (χ3n) is 4.20. The maximum Gasteiger partial charge on any atom is 0.222 e. The van der Waals surface area contributed by atoms with Gasteiger partial charge in [-0.05, 0) is 36.6 Å². The zero-order chi connectivity index (χ0) is 16.9. The van der Waals surface area contributed by atoms with Crippen LogP contribution in [0.2, 0.25) is 0 Å². The van der Waals surface area contributed by atoms with E-state index in [9.17, 15) is 4.79 Å². The molecule has 1 heterocycles.